The molecule has 10 heteroatoms. The summed E-state index contributed by atoms with van der Waals surface area (Å²) in [6.45, 7) is 5.35. The highest BCUT2D eigenvalue weighted by Gasteiger charge is 2.33. The predicted octanol–water partition coefficient (Wildman–Crippen LogP) is 8.73. The minimum absolute atomic E-state index is 0.0417. The normalized spacial score (nSPS) is 15.1. The van der Waals surface area contributed by atoms with Crippen molar-refractivity contribution in [3.8, 4) is 11.5 Å². The summed E-state index contributed by atoms with van der Waals surface area (Å²) in [6, 6.07) is 20.6. The average Bonchev–Trinajstić information content (AvgIpc) is 3.47. The van der Waals surface area contributed by atoms with Crippen LogP contribution in [0.5, 0.6) is 11.5 Å². The lowest BCUT2D eigenvalue weighted by Crippen LogP contribution is -2.12. The van der Waals surface area contributed by atoms with E-state index in [1.165, 1.54) is 11.8 Å². The number of aromatic nitrogens is 1. The number of benzene rings is 3. The average molecular weight is 668 g/mol. The zero-order valence-corrected chi connectivity index (χ0v) is 26.1. The van der Waals surface area contributed by atoms with Crippen LogP contribution < -0.4 is 9.47 Å². The van der Waals surface area contributed by atoms with E-state index in [9.17, 15) is 9.90 Å². The summed E-state index contributed by atoms with van der Waals surface area (Å²) in [4.78, 5) is 18.1. The van der Waals surface area contributed by atoms with Crippen molar-refractivity contribution in [3.63, 3.8) is 0 Å². The van der Waals surface area contributed by atoms with Gasteiger partial charge in [0, 0.05) is 27.1 Å². The highest BCUT2D eigenvalue weighted by atomic mass is 79.9. The number of hydrogen-bond acceptors (Lipinski definition) is 7. The van der Waals surface area contributed by atoms with Gasteiger partial charge in [-0.25, -0.2) is 9.79 Å². The van der Waals surface area contributed by atoms with Crippen molar-refractivity contribution in [3.05, 3.63) is 104 Å². The van der Waals surface area contributed by atoms with Crippen LogP contribution in [-0.4, -0.2) is 40.5 Å². The molecule has 42 heavy (non-hydrogen) atoms. The number of thioether (sulfide) groups is 1. The van der Waals surface area contributed by atoms with Crippen molar-refractivity contribution in [2.45, 2.75) is 20.4 Å². The van der Waals surface area contributed by atoms with Gasteiger partial charge in [0.25, 0.3) is 0 Å². The van der Waals surface area contributed by atoms with Crippen molar-refractivity contribution in [1.29, 1.82) is 0 Å². The number of rotatable bonds is 10. The Balaban J connectivity index is 1.48. The monoisotopic (exact) mass is 666 g/mol. The maximum absolute atomic E-state index is 12.9. The molecule has 0 unspecified atom stereocenters. The van der Waals surface area contributed by atoms with Crippen molar-refractivity contribution in [2.24, 2.45) is 4.99 Å². The zero-order chi connectivity index (χ0) is 29.6. The fourth-order valence-electron chi connectivity index (χ4n) is 4.45. The summed E-state index contributed by atoms with van der Waals surface area (Å²) in [5, 5.41) is 13.1. The first-order chi connectivity index (χ1) is 20.4. The molecule has 0 saturated carbocycles. The molecule has 0 fully saturated rings. The Morgan fingerprint density at radius 2 is 1.86 bits per heavy atom. The number of aliphatic hydroxyl groups is 1. The number of aliphatic hydroxyl groups excluding tert-OH is 1. The Hall–Kier alpha value is -3.66. The molecule has 0 atom stereocenters. The topological polar surface area (TPSA) is 82.3 Å². The number of carbonyl (C=O) groups excluding carboxylic acids is 1. The summed E-state index contributed by atoms with van der Waals surface area (Å²) >= 11 is 11.0. The smallest absolute Gasteiger partial charge is 0.344 e. The Morgan fingerprint density at radius 1 is 1.07 bits per heavy atom. The summed E-state index contributed by atoms with van der Waals surface area (Å²) in [5.74, 6) is 0.562. The summed E-state index contributed by atoms with van der Waals surface area (Å²) in [5.41, 5.74) is 2.52. The van der Waals surface area contributed by atoms with E-state index < -0.39 is 5.97 Å². The van der Waals surface area contributed by atoms with Crippen LogP contribution in [-0.2, 0) is 16.1 Å². The highest BCUT2D eigenvalue weighted by molar-refractivity contribution is 9.10. The van der Waals surface area contributed by atoms with E-state index in [4.69, 9.17) is 25.8 Å². The first-order valence-electron chi connectivity index (χ1n) is 13.4. The van der Waals surface area contributed by atoms with E-state index >= 15 is 0 Å². The van der Waals surface area contributed by atoms with E-state index in [1.807, 2.05) is 67.7 Å². The van der Waals surface area contributed by atoms with Gasteiger partial charge >= 0.3 is 5.97 Å². The number of nitrogens with zero attached hydrogens (tertiary/aromatic N) is 2. The third-order valence-electron chi connectivity index (χ3n) is 6.34. The molecule has 216 valence electrons. The summed E-state index contributed by atoms with van der Waals surface area (Å²) in [7, 11) is 0. The molecule has 1 aliphatic rings. The van der Waals surface area contributed by atoms with Gasteiger partial charge in [0.1, 0.15) is 34.5 Å². The minimum atomic E-state index is -0.627. The van der Waals surface area contributed by atoms with Crippen molar-refractivity contribution in [2.75, 3.05) is 19.8 Å². The molecule has 0 radical (unpaired) electrons. The van der Waals surface area contributed by atoms with Gasteiger partial charge in [0.15, 0.2) is 0 Å². The molecule has 1 N–H and O–H groups in total. The Kier molecular flexibility index (Phi) is 9.62. The van der Waals surface area contributed by atoms with E-state index in [0.717, 1.165) is 26.7 Å². The SMILES string of the molecule is CCOC(=O)C1=C(O)/C(=C/c2cn(CCOc3ccccc3Cl)c3ccc(Br)cc23)SC1=Nc1ccc(OCC)cc1. The standard InChI is InChI=1S/C32H28BrClN2O5S/c1-3-39-23-12-10-22(11-13-23)35-31-29(32(38)40-4-2)30(37)28(42-31)17-20-19-36(26-14-9-21(33)18-24(20)26)15-16-41-27-8-6-5-7-25(27)34/h5-14,17-19,37H,3-4,15-16H2,1-2H3/b28-17-,35-31?. The Bertz CT molecular complexity index is 1710. The maximum Gasteiger partial charge on any atom is 0.344 e. The van der Waals surface area contributed by atoms with Gasteiger partial charge in [0.05, 0.1) is 35.4 Å². The Morgan fingerprint density at radius 3 is 2.60 bits per heavy atom. The second-order valence-corrected chi connectivity index (χ2v) is 11.5. The van der Waals surface area contributed by atoms with Gasteiger partial charge in [-0.2, -0.15) is 0 Å². The van der Waals surface area contributed by atoms with Gasteiger partial charge in [-0.1, -0.05) is 51.4 Å². The van der Waals surface area contributed by atoms with Gasteiger partial charge in [-0.3, -0.25) is 0 Å². The summed E-state index contributed by atoms with van der Waals surface area (Å²) < 4.78 is 19.7. The fraction of sp³-hybridized carbons (Fsp3) is 0.188. The lowest BCUT2D eigenvalue weighted by Gasteiger charge is -2.09. The van der Waals surface area contributed by atoms with Crippen molar-refractivity contribution in [1.82, 2.24) is 4.57 Å². The second kappa shape index (κ2) is 13.5. The van der Waals surface area contributed by atoms with E-state index in [2.05, 4.69) is 25.5 Å². The van der Waals surface area contributed by atoms with Crippen LogP contribution in [0.3, 0.4) is 0 Å². The number of carbonyl (C=O) groups is 1. The molecule has 1 aromatic heterocycles. The van der Waals surface area contributed by atoms with Crippen molar-refractivity contribution < 1.29 is 24.1 Å². The number of fused-ring (bicyclic) bond motifs is 1. The van der Waals surface area contributed by atoms with Gasteiger partial charge in [0.2, 0.25) is 0 Å². The molecule has 0 amide bonds. The zero-order valence-electron chi connectivity index (χ0n) is 23.0. The predicted molar refractivity (Wildman–Crippen MR) is 173 cm³/mol. The van der Waals surface area contributed by atoms with Crippen LogP contribution in [0.2, 0.25) is 5.02 Å². The van der Waals surface area contributed by atoms with Crippen LogP contribution >= 0.6 is 39.3 Å². The number of esters is 1. The largest absolute Gasteiger partial charge is 0.506 e. The molecule has 7 nitrogen and oxygen atoms in total. The van der Waals surface area contributed by atoms with E-state index in [0.29, 0.717) is 46.2 Å². The molecule has 0 aliphatic carbocycles. The molecular formula is C32H28BrClN2O5S. The van der Waals surface area contributed by atoms with Crippen LogP contribution in [0.1, 0.15) is 19.4 Å². The number of para-hydroxylation sites is 1. The minimum Gasteiger partial charge on any atom is -0.506 e. The molecule has 0 saturated heterocycles. The highest BCUT2D eigenvalue weighted by Crippen LogP contribution is 2.41. The van der Waals surface area contributed by atoms with Crippen molar-refractivity contribution >= 4 is 73.0 Å². The lowest BCUT2D eigenvalue weighted by molar-refractivity contribution is -0.138. The van der Waals surface area contributed by atoms with Crippen LogP contribution in [0.25, 0.3) is 17.0 Å². The molecule has 4 aromatic rings. The first kappa shape index (κ1) is 29.8. The first-order valence-corrected chi connectivity index (χ1v) is 15.3. The molecule has 2 heterocycles. The lowest BCUT2D eigenvalue weighted by atomic mass is 10.1. The number of halogens is 2. The molecule has 0 spiro atoms. The number of aliphatic imine (C=N–C) groups is 1. The van der Waals surface area contributed by atoms with Gasteiger partial charge in [-0.05, 0) is 74.5 Å². The van der Waals surface area contributed by atoms with Crippen LogP contribution in [0.15, 0.2) is 98.6 Å². The maximum atomic E-state index is 12.9. The molecule has 1 aliphatic heterocycles. The fourth-order valence-corrected chi connectivity index (χ4v) is 6.02. The number of ether oxygens (including phenoxy) is 3. The van der Waals surface area contributed by atoms with Crippen LogP contribution in [0.4, 0.5) is 5.69 Å². The third kappa shape index (κ3) is 6.69. The van der Waals surface area contributed by atoms with E-state index in [1.54, 1.807) is 25.1 Å². The van der Waals surface area contributed by atoms with E-state index in [-0.39, 0.29) is 17.9 Å². The molecule has 5 rings (SSSR count). The van der Waals surface area contributed by atoms with Gasteiger partial charge in [-0.15, -0.1) is 0 Å². The second-order valence-electron chi connectivity index (χ2n) is 9.12. The number of hydrogen-bond donors (Lipinski definition) is 1. The van der Waals surface area contributed by atoms with Crippen LogP contribution in [0, 0.1) is 0 Å². The molecular weight excluding hydrogens is 640 g/mol. The quantitative estimate of drug-likeness (QED) is 0.170. The molecule has 3 aromatic carbocycles. The summed E-state index contributed by atoms with van der Waals surface area (Å²) in [6.07, 6.45) is 3.86. The third-order valence-corrected chi connectivity index (χ3v) is 8.16. The Labute approximate surface area is 261 Å². The van der Waals surface area contributed by atoms with Gasteiger partial charge < -0.3 is 23.9 Å². The molecule has 0 bridgehead atoms.